The van der Waals surface area contributed by atoms with Gasteiger partial charge in [0, 0.05) is 11.4 Å². The molecule has 0 unspecified atom stereocenters. The smallest absolute Gasteiger partial charge is 0.134 e. The molecule has 0 aliphatic heterocycles. The molecule has 0 atom stereocenters. The Morgan fingerprint density at radius 3 is 2.33 bits per heavy atom. The number of phenolic OH excluding ortho intramolecular Hbond substituents is 1. The Bertz CT molecular complexity index is 456. The molecule has 0 aliphatic carbocycles. The second kappa shape index (κ2) is 4.24. The second-order valence-electron chi connectivity index (χ2n) is 3.16. The summed E-state index contributed by atoms with van der Waals surface area (Å²) >= 11 is 5.79. The summed E-state index contributed by atoms with van der Waals surface area (Å²) in [4.78, 5) is 0. The number of rotatable bonds is 2. The lowest BCUT2D eigenvalue weighted by Crippen LogP contribution is -1.88. The Labute approximate surface area is 93.1 Å². The van der Waals surface area contributed by atoms with Crippen LogP contribution >= 0.6 is 11.6 Å². The van der Waals surface area contributed by atoms with Gasteiger partial charge < -0.3 is 10.4 Å². The lowest BCUT2D eigenvalue weighted by Gasteiger charge is -2.06. The van der Waals surface area contributed by atoms with E-state index >= 15 is 0 Å². The van der Waals surface area contributed by atoms with Gasteiger partial charge in [-0.15, -0.1) is 0 Å². The van der Waals surface area contributed by atoms with Gasteiger partial charge in [0.05, 0.1) is 5.02 Å². The summed E-state index contributed by atoms with van der Waals surface area (Å²) in [6.45, 7) is 0. The number of anilines is 2. The van der Waals surface area contributed by atoms with Gasteiger partial charge in [0.1, 0.15) is 5.75 Å². The first kappa shape index (κ1) is 9.87. The van der Waals surface area contributed by atoms with Gasteiger partial charge in [0.15, 0.2) is 0 Å². The minimum atomic E-state index is 0.0929. The first-order chi connectivity index (χ1) is 7.25. The Balaban J connectivity index is 2.22. The van der Waals surface area contributed by atoms with Crippen LogP contribution in [0, 0.1) is 0 Å². The van der Waals surface area contributed by atoms with Crippen LogP contribution in [0.4, 0.5) is 11.4 Å². The van der Waals surface area contributed by atoms with Crippen LogP contribution in [0.1, 0.15) is 0 Å². The third-order valence-corrected chi connectivity index (χ3v) is 2.31. The van der Waals surface area contributed by atoms with Gasteiger partial charge in [-0.25, -0.2) is 0 Å². The maximum absolute atomic E-state index is 9.25. The Hall–Kier alpha value is -1.67. The van der Waals surface area contributed by atoms with Gasteiger partial charge >= 0.3 is 0 Å². The fraction of sp³-hybridized carbons (Fsp3) is 0. The monoisotopic (exact) mass is 219 g/mol. The van der Waals surface area contributed by atoms with Crippen molar-refractivity contribution in [1.29, 1.82) is 0 Å². The summed E-state index contributed by atoms with van der Waals surface area (Å²) in [6, 6.07) is 14.8. The molecule has 0 aromatic heterocycles. The average molecular weight is 220 g/mol. The largest absolute Gasteiger partial charge is 0.506 e. The van der Waals surface area contributed by atoms with Gasteiger partial charge in [0.2, 0.25) is 0 Å². The predicted molar refractivity (Wildman–Crippen MR) is 62.8 cm³/mol. The van der Waals surface area contributed by atoms with Crippen molar-refractivity contribution in [3.63, 3.8) is 0 Å². The summed E-state index contributed by atoms with van der Waals surface area (Å²) in [5, 5.41) is 12.8. The standard InChI is InChI=1S/C12H10ClNO/c13-11-8-10(6-7-12(11)15)14-9-4-2-1-3-5-9/h1-8,14-15H. The highest BCUT2D eigenvalue weighted by Gasteiger charge is 1.99. The third-order valence-electron chi connectivity index (χ3n) is 2.01. The number of benzene rings is 2. The van der Waals surface area contributed by atoms with Crippen molar-refractivity contribution >= 4 is 23.0 Å². The molecule has 0 saturated carbocycles. The number of hydrogen-bond acceptors (Lipinski definition) is 2. The summed E-state index contributed by atoms with van der Waals surface area (Å²) in [7, 11) is 0. The molecule has 0 spiro atoms. The van der Waals surface area contributed by atoms with Gasteiger partial charge in [-0.05, 0) is 30.3 Å². The highest BCUT2D eigenvalue weighted by Crippen LogP contribution is 2.27. The fourth-order valence-corrected chi connectivity index (χ4v) is 1.45. The number of aromatic hydroxyl groups is 1. The number of hydrogen-bond donors (Lipinski definition) is 2. The highest BCUT2D eigenvalue weighted by molar-refractivity contribution is 6.32. The van der Waals surface area contributed by atoms with Crippen LogP contribution in [0.2, 0.25) is 5.02 Å². The molecule has 15 heavy (non-hydrogen) atoms. The van der Waals surface area contributed by atoms with Crippen molar-refractivity contribution in [1.82, 2.24) is 0 Å². The van der Waals surface area contributed by atoms with Crippen LogP contribution in [0.5, 0.6) is 5.75 Å². The molecule has 0 radical (unpaired) electrons. The number of phenols is 1. The van der Waals surface area contributed by atoms with E-state index in [1.807, 2.05) is 30.3 Å². The van der Waals surface area contributed by atoms with Crippen molar-refractivity contribution in [2.45, 2.75) is 0 Å². The Morgan fingerprint density at radius 2 is 1.67 bits per heavy atom. The van der Waals surface area contributed by atoms with E-state index < -0.39 is 0 Å². The first-order valence-corrected chi connectivity index (χ1v) is 4.94. The third kappa shape index (κ3) is 2.42. The fourth-order valence-electron chi connectivity index (χ4n) is 1.27. The zero-order chi connectivity index (χ0) is 10.7. The van der Waals surface area contributed by atoms with E-state index in [4.69, 9.17) is 11.6 Å². The van der Waals surface area contributed by atoms with Gasteiger partial charge in [-0.1, -0.05) is 29.8 Å². The zero-order valence-electron chi connectivity index (χ0n) is 7.94. The molecule has 76 valence electrons. The number of halogens is 1. The van der Waals surface area contributed by atoms with E-state index in [1.54, 1.807) is 18.2 Å². The lowest BCUT2D eigenvalue weighted by molar-refractivity contribution is 0.475. The molecule has 0 heterocycles. The van der Waals surface area contributed by atoms with E-state index in [9.17, 15) is 5.11 Å². The number of para-hydroxylation sites is 1. The van der Waals surface area contributed by atoms with Gasteiger partial charge in [-0.2, -0.15) is 0 Å². The molecule has 3 heteroatoms. The van der Waals surface area contributed by atoms with E-state index in [2.05, 4.69) is 5.32 Å². The van der Waals surface area contributed by atoms with Crippen molar-refractivity contribution < 1.29 is 5.11 Å². The topological polar surface area (TPSA) is 32.3 Å². The van der Waals surface area contributed by atoms with Gasteiger partial charge in [0.25, 0.3) is 0 Å². The molecule has 2 N–H and O–H groups in total. The van der Waals surface area contributed by atoms with Crippen LogP contribution in [-0.4, -0.2) is 5.11 Å². The molecular weight excluding hydrogens is 210 g/mol. The zero-order valence-corrected chi connectivity index (χ0v) is 8.70. The molecule has 2 rings (SSSR count). The molecule has 2 aromatic carbocycles. The van der Waals surface area contributed by atoms with Crippen molar-refractivity contribution in [3.05, 3.63) is 53.6 Å². The summed E-state index contributed by atoms with van der Waals surface area (Å²) in [6.07, 6.45) is 0. The molecule has 0 aliphatic rings. The van der Waals surface area contributed by atoms with Crippen molar-refractivity contribution in [2.24, 2.45) is 0 Å². The minimum Gasteiger partial charge on any atom is -0.506 e. The number of nitrogens with one attached hydrogen (secondary N) is 1. The maximum atomic E-state index is 9.25. The van der Waals surface area contributed by atoms with Crippen LogP contribution in [0.25, 0.3) is 0 Å². The van der Waals surface area contributed by atoms with Crippen molar-refractivity contribution in [3.8, 4) is 5.75 Å². The van der Waals surface area contributed by atoms with E-state index in [1.165, 1.54) is 0 Å². The summed E-state index contributed by atoms with van der Waals surface area (Å²) < 4.78 is 0. The normalized spacial score (nSPS) is 9.93. The molecule has 0 fully saturated rings. The Kier molecular flexibility index (Phi) is 2.79. The van der Waals surface area contributed by atoms with Crippen LogP contribution in [-0.2, 0) is 0 Å². The minimum absolute atomic E-state index is 0.0929. The molecule has 0 saturated heterocycles. The lowest BCUT2D eigenvalue weighted by atomic mass is 10.2. The maximum Gasteiger partial charge on any atom is 0.134 e. The SMILES string of the molecule is Oc1ccc(Nc2ccccc2)cc1Cl. The summed E-state index contributed by atoms with van der Waals surface area (Å²) in [5.74, 6) is 0.0929. The second-order valence-corrected chi connectivity index (χ2v) is 3.56. The average Bonchev–Trinajstić information content (AvgIpc) is 2.25. The molecule has 0 amide bonds. The van der Waals surface area contributed by atoms with Crippen molar-refractivity contribution in [2.75, 3.05) is 5.32 Å². The van der Waals surface area contributed by atoms with Crippen LogP contribution < -0.4 is 5.32 Å². The van der Waals surface area contributed by atoms with Crippen LogP contribution in [0.15, 0.2) is 48.5 Å². The Morgan fingerprint density at radius 1 is 0.933 bits per heavy atom. The molecular formula is C12H10ClNO. The van der Waals surface area contributed by atoms with Gasteiger partial charge in [-0.3, -0.25) is 0 Å². The van der Waals surface area contributed by atoms with E-state index in [0.717, 1.165) is 11.4 Å². The first-order valence-electron chi connectivity index (χ1n) is 4.56. The molecule has 0 bridgehead atoms. The van der Waals surface area contributed by atoms with E-state index in [-0.39, 0.29) is 5.75 Å². The predicted octanol–water partition coefficient (Wildman–Crippen LogP) is 3.79. The van der Waals surface area contributed by atoms with E-state index in [0.29, 0.717) is 5.02 Å². The quantitative estimate of drug-likeness (QED) is 0.754. The molecule has 2 aromatic rings. The van der Waals surface area contributed by atoms with Crippen LogP contribution in [0.3, 0.4) is 0 Å². The molecule has 2 nitrogen and oxygen atoms in total. The summed E-state index contributed by atoms with van der Waals surface area (Å²) in [5.41, 5.74) is 1.84. The highest BCUT2D eigenvalue weighted by atomic mass is 35.5.